The van der Waals surface area contributed by atoms with Crippen molar-refractivity contribution < 1.29 is 29.0 Å². The third-order valence-electron chi connectivity index (χ3n) is 5.19. The van der Waals surface area contributed by atoms with E-state index in [1.165, 1.54) is 23.1 Å². The second kappa shape index (κ2) is 11.3. The highest BCUT2D eigenvalue weighted by Gasteiger charge is 2.31. The van der Waals surface area contributed by atoms with E-state index in [9.17, 15) is 19.5 Å². The number of pyridine rings is 1. The average molecular weight is 437 g/mol. The topological polar surface area (TPSA) is 139 Å². The van der Waals surface area contributed by atoms with Crippen molar-refractivity contribution >= 4 is 23.8 Å². The number of methoxy groups -OCH3 is 1. The number of nitrogens with zero attached hydrogens (tertiary/aromatic N) is 4. The van der Waals surface area contributed by atoms with Gasteiger partial charge in [0.2, 0.25) is 11.8 Å². The fourth-order valence-corrected chi connectivity index (χ4v) is 3.65. The van der Waals surface area contributed by atoms with Crippen LogP contribution in [-0.2, 0) is 9.53 Å². The third-order valence-corrected chi connectivity index (χ3v) is 5.19. The molecule has 1 aliphatic heterocycles. The number of aromatic nitrogens is 1. The molecule has 31 heavy (non-hydrogen) atoms. The number of piperazine rings is 1. The average Bonchev–Trinajstić information content (AvgIpc) is 2.73. The molecule has 2 atom stereocenters. The van der Waals surface area contributed by atoms with Crippen LogP contribution in [0.15, 0.2) is 18.3 Å². The number of hydrogen-bond donors (Lipinski definition) is 2. The molecule has 11 nitrogen and oxygen atoms in total. The Morgan fingerprint density at radius 2 is 1.94 bits per heavy atom. The van der Waals surface area contributed by atoms with E-state index in [4.69, 9.17) is 15.2 Å². The van der Waals surface area contributed by atoms with E-state index in [0.29, 0.717) is 31.3 Å². The highest BCUT2D eigenvalue weighted by atomic mass is 16.5. The highest BCUT2D eigenvalue weighted by Crippen LogP contribution is 2.19. The summed E-state index contributed by atoms with van der Waals surface area (Å²) in [4.78, 5) is 43.4. The molecule has 1 saturated heterocycles. The molecular formula is C20H31N5O6. The lowest BCUT2D eigenvalue weighted by Crippen LogP contribution is -2.58. The van der Waals surface area contributed by atoms with Crippen molar-refractivity contribution in [2.24, 2.45) is 5.73 Å². The molecule has 2 rings (SSSR count). The van der Waals surface area contributed by atoms with Crippen molar-refractivity contribution in [3.05, 3.63) is 18.3 Å². The Hall–Kier alpha value is -3.08. The summed E-state index contributed by atoms with van der Waals surface area (Å²) < 4.78 is 10.4. The van der Waals surface area contributed by atoms with Gasteiger partial charge in [-0.25, -0.2) is 14.6 Å². The zero-order chi connectivity index (χ0) is 23.0. The minimum absolute atomic E-state index is 0.00488. The molecular weight excluding hydrogens is 406 g/mol. The van der Waals surface area contributed by atoms with Crippen LogP contribution in [0.25, 0.3) is 0 Å². The maximum Gasteiger partial charge on any atom is 0.414 e. The lowest BCUT2D eigenvalue weighted by atomic mass is 10.1. The maximum absolute atomic E-state index is 11.9. The van der Waals surface area contributed by atoms with Crippen molar-refractivity contribution in [3.63, 3.8) is 0 Å². The van der Waals surface area contributed by atoms with Crippen molar-refractivity contribution in [2.45, 2.75) is 38.8 Å². The van der Waals surface area contributed by atoms with Gasteiger partial charge in [0, 0.05) is 50.7 Å². The first-order chi connectivity index (χ1) is 14.7. The minimum atomic E-state index is -0.878. The summed E-state index contributed by atoms with van der Waals surface area (Å²) in [5.74, 6) is -0.102. The van der Waals surface area contributed by atoms with E-state index in [0.717, 1.165) is 13.0 Å². The van der Waals surface area contributed by atoms with Gasteiger partial charge in [-0.2, -0.15) is 0 Å². The van der Waals surface area contributed by atoms with Crippen molar-refractivity contribution in [3.8, 4) is 5.88 Å². The summed E-state index contributed by atoms with van der Waals surface area (Å²) in [7, 11) is 1.26. The quantitative estimate of drug-likeness (QED) is 0.552. The predicted octanol–water partition coefficient (Wildman–Crippen LogP) is 1.37. The molecule has 0 saturated carbocycles. The smallest absolute Gasteiger partial charge is 0.414 e. The zero-order valence-corrected chi connectivity index (χ0v) is 18.2. The number of amides is 3. The molecule has 2 heterocycles. The molecule has 11 heteroatoms. The molecule has 1 aromatic heterocycles. The standard InChI is InChI=1S/C20H31N5O6/c1-14-12-23(19(27)28)13-15(2)24(14)8-4-10-31-18-6-5-16(11-22-18)25(20(29)30-3)9-7-17(21)26/h5-6,11,14-15H,4,7-10,12-13H2,1-3H3,(H2,21,26)(H,27,28)/t14-,15?/m1/s1. The number of primary amides is 1. The predicted molar refractivity (Wildman–Crippen MR) is 113 cm³/mol. The largest absolute Gasteiger partial charge is 0.478 e. The Balaban J connectivity index is 1.83. The molecule has 3 amide bonds. The van der Waals surface area contributed by atoms with Crippen LogP contribution in [0.4, 0.5) is 15.3 Å². The summed E-state index contributed by atoms with van der Waals surface area (Å²) in [6.45, 7) is 6.38. The van der Waals surface area contributed by atoms with Gasteiger partial charge in [0.05, 0.1) is 25.6 Å². The molecule has 0 radical (unpaired) electrons. The molecule has 172 valence electrons. The van der Waals surface area contributed by atoms with Gasteiger partial charge in [-0.3, -0.25) is 14.6 Å². The summed E-state index contributed by atoms with van der Waals surface area (Å²) in [5, 5.41) is 9.18. The van der Waals surface area contributed by atoms with E-state index in [-0.39, 0.29) is 25.0 Å². The monoisotopic (exact) mass is 437 g/mol. The van der Waals surface area contributed by atoms with Crippen LogP contribution < -0.4 is 15.4 Å². The summed E-state index contributed by atoms with van der Waals surface area (Å²) in [6.07, 6.45) is 0.755. The molecule has 3 N–H and O–H groups in total. The van der Waals surface area contributed by atoms with E-state index in [1.54, 1.807) is 12.1 Å². The van der Waals surface area contributed by atoms with Crippen LogP contribution in [0.2, 0.25) is 0 Å². The van der Waals surface area contributed by atoms with Gasteiger partial charge in [-0.05, 0) is 26.3 Å². The van der Waals surface area contributed by atoms with E-state index in [1.807, 2.05) is 13.8 Å². The van der Waals surface area contributed by atoms with Crippen molar-refractivity contribution in [1.82, 2.24) is 14.8 Å². The van der Waals surface area contributed by atoms with Gasteiger partial charge >= 0.3 is 12.2 Å². The van der Waals surface area contributed by atoms with Crippen LogP contribution >= 0.6 is 0 Å². The Bertz CT molecular complexity index is 747. The Morgan fingerprint density at radius 1 is 1.26 bits per heavy atom. The molecule has 1 aliphatic rings. The minimum Gasteiger partial charge on any atom is -0.478 e. The first kappa shape index (κ1) is 24.2. The van der Waals surface area contributed by atoms with Crippen molar-refractivity contribution in [2.75, 3.05) is 44.8 Å². The number of carbonyl (C=O) groups is 3. The van der Waals surface area contributed by atoms with Gasteiger partial charge in [0.15, 0.2) is 0 Å². The molecule has 0 aliphatic carbocycles. The summed E-state index contributed by atoms with van der Waals surface area (Å²) in [5.41, 5.74) is 5.63. The van der Waals surface area contributed by atoms with Crippen LogP contribution in [-0.4, -0.2) is 90.0 Å². The Kier molecular flexibility index (Phi) is 8.86. The van der Waals surface area contributed by atoms with Crippen LogP contribution in [0.5, 0.6) is 5.88 Å². The first-order valence-corrected chi connectivity index (χ1v) is 10.2. The second-order valence-corrected chi connectivity index (χ2v) is 7.52. The number of anilines is 1. The van der Waals surface area contributed by atoms with E-state index < -0.39 is 18.1 Å². The molecule has 1 aromatic rings. The number of nitrogens with two attached hydrogens (primary N) is 1. The van der Waals surface area contributed by atoms with E-state index in [2.05, 4.69) is 9.88 Å². The number of hydrogen-bond acceptors (Lipinski definition) is 7. The lowest BCUT2D eigenvalue weighted by Gasteiger charge is -2.43. The lowest BCUT2D eigenvalue weighted by molar-refractivity contribution is -0.117. The van der Waals surface area contributed by atoms with Crippen LogP contribution in [0, 0.1) is 0 Å². The maximum atomic E-state index is 11.9. The third kappa shape index (κ3) is 6.99. The first-order valence-electron chi connectivity index (χ1n) is 10.2. The van der Waals surface area contributed by atoms with Crippen LogP contribution in [0.1, 0.15) is 26.7 Å². The molecule has 0 aromatic carbocycles. The second-order valence-electron chi connectivity index (χ2n) is 7.52. The van der Waals surface area contributed by atoms with Crippen molar-refractivity contribution in [1.29, 1.82) is 0 Å². The zero-order valence-electron chi connectivity index (χ0n) is 18.2. The fraction of sp³-hybridized carbons (Fsp3) is 0.600. The molecule has 0 bridgehead atoms. The van der Waals surface area contributed by atoms with Gasteiger partial charge < -0.3 is 25.2 Å². The number of carbonyl (C=O) groups excluding carboxylic acids is 2. The number of rotatable bonds is 9. The van der Waals surface area contributed by atoms with Gasteiger partial charge in [-0.1, -0.05) is 0 Å². The fourth-order valence-electron chi connectivity index (χ4n) is 3.65. The normalized spacial score (nSPS) is 19.0. The summed E-state index contributed by atoms with van der Waals surface area (Å²) >= 11 is 0. The summed E-state index contributed by atoms with van der Waals surface area (Å²) in [6, 6.07) is 3.59. The molecule has 1 unspecified atom stereocenters. The van der Waals surface area contributed by atoms with Gasteiger partial charge in [-0.15, -0.1) is 0 Å². The van der Waals surface area contributed by atoms with Gasteiger partial charge in [0.1, 0.15) is 0 Å². The molecule has 0 spiro atoms. The Morgan fingerprint density at radius 3 is 2.45 bits per heavy atom. The highest BCUT2D eigenvalue weighted by molar-refractivity contribution is 5.88. The SMILES string of the molecule is COC(=O)N(CCC(N)=O)c1ccc(OCCCN2C(C)CN(C(=O)O)C[C@H]2C)nc1. The number of ether oxygens (including phenoxy) is 2. The van der Waals surface area contributed by atoms with Gasteiger partial charge in [0.25, 0.3) is 0 Å². The molecule has 1 fully saturated rings. The van der Waals surface area contributed by atoms with Crippen LogP contribution in [0.3, 0.4) is 0 Å². The Labute approximate surface area is 181 Å². The van der Waals surface area contributed by atoms with E-state index >= 15 is 0 Å². The number of carboxylic acid groups (broad SMARTS) is 1.